The van der Waals surface area contributed by atoms with Gasteiger partial charge in [-0.1, -0.05) is 18.2 Å². The maximum Gasteiger partial charge on any atom is 0.333 e. The van der Waals surface area contributed by atoms with Crippen molar-refractivity contribution >= 4 is 12.0 Å². The van der Waals surface area contributed by atoms with E-state index in [1.54, 1.807) is 0 Å². The summed E-state index contributed by atoms with van der Waals surface area (Å²) in [5.41, 5.74) is 0.547. The van der Waals surface area contributed by atoms with Gasteiger partial charge in [-0.15, -0.1) is 0 Å². The Balaban J connectivity index is 2.32. The number of aliphatic imine (C=N–C) groups is 1. The summed E-state index contributed by atoms with van der Waals surface area (Å²) >= 11 is 0. The fraction of sp³-hybridized carbons (Fsp3) is 0.214. The van der Waals surface area contributed by atoms with Gasteiger partial charge in [0.2, 0.25) is 5.88 Å². The van der Waals surface area contributed by atoms with Gasteiger partial charge in [0.1, 0.15) is 11.6 Å². The van der Waals surface area contributed by atoms with Gasteiger partial charge in [0, 0.05) is 25.3 Å². The molecule has 0 bridgehead atoms. The van der Waals surface area contributed by atoms with Crippen molar-refractivity contribution in [3.63, 3.8) is 0 Å². The van der Waals surface area contributed by atoms with Crippen molar-refractivity contribution < 1.29 is 5.11 Å². The fourth-order valence-corrected chi connectivity index (χ4v) is 2.46. The minimum Gasteiger partial charge on any atom is -0.494 e. The third-order valence-electron chi connectivity index (χ3n) is 3.64. The summed E-state index contributed by atoms with van der Waals surface area (Å²) in [7, 11) is 2.79. The van der Waals surface area contributed by atoms with Crippen LogP contribution in [0.1, 0.15) is 17.2 Å². The quantitative estimate of drug-likeness (QED) is 0.791. The van der Waals surface area contributed by atoms with Crippen LogP contribution in [0.3, 0.4) is 0 Å². The van der Waals surface area contributed by atoms with Crippen molar-refractivity contribution in [1.29, 1.82) is 0 Å². The lowest BCUT2D eigenvalue weighted by Crippen LogP contribution is -2.39. The number of aromatic hydroxyl groups is 1. The summed E-state index contributed by atoms with van der Waals surface area (Å²) in [5.74, 6) is -0.359. The van der Waals surface area contributed by atoms with Crippen LogP contribution in [0.5, 0.6) is 5.88 Å². The number of fused-ring (bicyclic) bond motifs is 1. The van der Waals surface area contributed by atoms with Crippen molar-refractivity contribution in [3.05, 3.63) is 56.2 Å². The van der Waals surface area contributed by atoms with E-state index >= 15 is 0 Å². The molecular formula is C14H14N4O3. The molecule has 7 nitrogen and oxygen atoms in total. The van der Waals surface area contributed by atoms with E-state index in [-0.39, 0.29) is 11.4 Å². The first-order chi connectivity index (χ1) is 10.0. The average molecular weight is 286 g/mol. The van der Waals surface area contributed by atoms with Gasteiger partial charge in [-0.25, -0.2) is 4.79 Å². The average Bonchev–Trinajstić information content (AvgIpc) is 2.51. The maximum atomic E-state index is 12.4. The van der Waals surface area contributed by atoms with E-state index in [9.17, 15) is 14.7 Å². The zero-order valence-electron chi connectivity index (χ0n) is 11.6. The van der Waals surface area contributed by atoms with Crippen LogP contribution >= 0.6 is 0 Å². The highest BCUT2D eigenvalue weighted by molar-refractivity contribution is 5.81. The number of anilines is 1. The maximum absolute atomic E-state index is 12.4. The van der Waals surface area contributed by atoms with Crippen LogP contribution in [-0.2, 0) is 14.1 Å². The number of hydrogen-bond donors (Lipinski definition) is 2. The summed E-state index contributed by atoms with van der Waals surface area (Å²) < 4.78 is 2.01. The molecule has 0 saturated carbocycles. The van der Waals surface area contributed by atoms with Gasteiger partial charge in [-0.2, -0.15) is 0 Å². The van der Waals surface area contributed by atoms with E-state index in [2.05, 4.69) is 10.3 Å². The number of aromatic nitrogens is 2. The molecule has 1 aliphatic heterocycles. The zero-order chi connectivity index (χ0) is 15.1. The van der Waals surface area contributed by atoms with Crippen LogP contribution in [0.15, 0.2) is 38.8 Å². The normalized spacial score (nSPS) is 16.4. The number of nitrogens with one attached hydrogen (secondary N) is 1. The van der Waals surface area contributed by atoms with Crippen molar-refractivity contribution in [2.75, 3.05) is 5.32 Å². The van der Waals surface area contributed by atoms with Gasteiger partial charge >= 0.3 is 5.69 Å². The van der Waals surface area contributed by atoms with Gasteiger partial charge in [-0.05, 0) is 6.07 Å². The summed E-state index contributed by atoms with van der Waals surface area (Å²) in [6.45, 7) is 0. The molecule has 2 N–H and O–H groups in total. The Morgan fingerprint density at radius 3 is 2.67 bits per heavy atom. The minimum absolute atomic E-state index is 0.0878. The third-order valence-corrected chi connectivity index (χ3v) is 3.64. The number of nitrogens with zero attached hydrogens (tertiary/aromatic N) is 3. The minimum atomic E-state index is -0.645. The zero-order valence-corrected chi connectivity index (χ0v) is 11.6. The molecule has 0 saturated heterocycles. The lowest BCUT2D eigenvalue weighted by molar-refractivity contribution is 0.400. The van der Waals surface area contributed by atoms with Crippen molar-refractivity contribution in [2.24, 2.45) is 19.1 Å². The van der Waals surface area contributed by atoms with Crippen molar-refractivity contribution in [3.8, 4) is 5.88 Å². The summed E-state index contributed by atoms with van der Waals surface area (Å²) in [6, 6.07) is 6.73. The Hall–Kier alpha value is -2.83. The molecule has 1 unspecified atom stereocenters. The molecule has 2 aromatic rings. The molecule has 21 heavy (non-hydrogen) atoms. The van der Waals surface area contributed by atoms with Gasteiger partial charge in [0.15, 0.2) is 0 Å². The van der Waals surface area contributed by atoms with Crippen LogP contribution in [0.2, 0.25) is 0 Å². The summed E-state index contributed by atoms with van der Waals surface area (Å²) in [5, 5.41) is 13.2. The smallest absolute Gasteiger partial charge is 0.333 e. The van der Waals surface area contributed by atoms with E-state index < -0.39 is 17.3 Å². The molecule has 0 spiro atoms. The van der Waals surface area contributed by atoms with Gasteiger partial charge in [0.05, 0.1) is 6.34 Å². The SMILES string of the molecule is Cn1c(O)c(C2N=CNc3ccccc32)c(=O)n(C)c1=O. The van der Waals surface area contributed by atoms with Crippen LogP contribution in [0, 0.1) is 0 Å². The highest BCUT2D eigenvalue weighted by atomic mass is 16.3. The Morgan fingerprint density at radius 1 is 1.19 bits per heavy atom. The molecular weight excluding hydrogens is 272 g/mol. The van der Waals surface area contributed by atoms with E-state index in [1.807, 2.05) is 24.3 Å². The monoisotopic (exact) mass is 286 g/mol. The van der Waals surface area contributed by atoms with E-state index in [4.69, 9.17) is 0 Å². The van der Waals surface area contributed by atoms with Gasteiger partial charge in [0.25, 0.3) is 5.56 Å². The lowest BCUT2D eigenvalue weighted by Gasteiger charge is -2.22. The largest absolute Gasteiger partial charge is 0.494 e. The van der Waals surface area contributed by atoms with Crippen LogP contribution < -0.4 is 16.6 Å². The van der Waals surface area contributed by atoms with E-state index in [0.717, 1.165) is 20.4 Å². The second-order valence-corrected chi connectivity index (χ2v) is 4.86. The highest BCUT2D eigenvalue weighted by Crippen LogP contribution is 2.34. The standard InChI is InChI=1S/C14H14N4O3/c1-17-12(19)10(13(20)18(2)14(17)21)11-8-5-3-4-6-9(8)15-7-16-11/h3-7,11,19H,1-2H3,(H,15,16). The molecule has 3 rings (SSSR count). The number of hydrogen-bond acceptors (Lipinski definition) is 5. The molecule has 108 valence electrons. The first-order valence-corrected chi connectivity index (χ1v) is 6.38. The van der Waals surface area contributed by atoms with Crippen molar-refractivity contribution in [1.82, 2.24) is 9.13 Å². The summed E-state index contributed by atoms with van der Waals surface area (Å²) in [4.78, 5) is 28.4. The summed E-state index contributed by atoms with van der Waals surface area (Å²) in [6.07, 6.45) is 1.48. The van der Waals surface area contributed by atoms with Crippen LogP contribution in [-0.4, -0.2) is 20.6 Å². The molecule has 1 atom stereocenters. The molecule has 7 heteroatoms. The second-order valence-electron chi connectivity index (χ2n) is 4.86. The fourth-order valence-electron chi connectivity index (χ4n) is 2.46. The van der Waals surface area contributed by atoms with Gasteiger partial charge in [-0.3, -0.25) is 18.9 Å². The Bertz CT molecular complexity index is 863. The molecule has 0 fully saturated rings. The molecule has 2 heterocycles. The molecule has 1 aromatic heterocycles. The number of para-hydroxylation sites is 1. The predicted molar refractivity (Wildman–Crippen MR) is 79.0 cm³/mol. The molecule has 1 aliphatic rings. The predicted octanol–water partition coefficient (Wildman–Crippen LogP) is 0.333. The molecule has 0 radical (unpaired) electrons. The molecule has 1 aromatic carbocycles. The third kappa shape index (κ3) is 1.85. The Labute approximate surface area is 119 Å². The second kappa shape index (κ2) is 4.62. The van der Waals surface area contributed by atoms with Crippen molar-refractivity contribution in [2.45, 2.75) is 6.04 Å². The number of benzene rings is 1. The Kier molecular flexibility index (Phi) is 2.90. The van der Waals surface area contributed by atoms with Crippen LogP contribution in [0.25, 0.3) is 0 Å². The van der Waals surface area contributed by atoms with E-state index in [0.29, 0.717) is 0 Å². The van der Waals surface area contributed by atoms with Crippen LogP contribution in [0.4, 0.5) is 5.69 Å². The first-order valence-electron chi connectivity index (χ1n) is 6.38. The van der Waals surface area contributed by atoms with E-state index in [1.165, 1.54) is 20.4 Å². The first kappa shape index (κ1) is 13.2. The highest BCUT2D eigenvalue weighted by Gasteiger charge is 2.27. The number of rotatable bonds is 1. The lowest BCUT2D eigenvalue weighted by atomic mass is 9.98. The molecule has 0 aliphatic carbocycles. The topological polar surface area (TPSA) is 88.6 Å². The van der Waals surface area contributed by atoms with Gasteiger partial charge < -0.3 is 10.4 Å². The Morgan fingerprint density at radius 2 is 1.90 bits per heavy atom. The molecule has 0 amide bonds.